The van der Waals surface area contributed by atoms with Crippen LogP contribution in [0.25, 0.3) is 0 Å². The first-order valence-electron chi connectivity index (χ1n) is 7.33. The average Bonchev–Trinajstić information content (AvgIpc) is 2.25. The molecule has 0 heterocycles. The zero-order valence-corrected chi connectivity index (χ0v) is 12.2. The summed E-state index contributed by atoms with van der Waals surface area (Å²) in [6.07, 6.45) is 11.0. The Morgan fingerprint density at radius 3 is 2.47 bits per heavy atom. The lowest BCUT2D eigenvalue weighted by molar-refractivity contribution is 0.0435. The molecule has 0 radical (unpaired) electrons. The molecule has 0 aromatic carbocycles. The normalized spacial score (nSPS) is 37.2. The van der Waals surface area contributed by atoms with Crippen molar-refractivity contribution < 1.29 is 0 Å². The predicted octanol–water partition coefficient (Wildman–Crippen LogP) is 5.22. The number of rotatable bonds is 2. The van der Waals surface area contributed by atoms with Crippen LogP contribution in [0.1, 0.15) is 53.9 Å². The Labute approximate surface area is 107 Å². The third-order valence-electron chi connectivity index (χ3n) is 5.23. The Kier molecular flexibility index (Phi) is 3.52. The molecule has 1 fully saturated rings. The Hall–Kier alpha value is -0.520. The van der Waals surface area contributed by atoms with Crippen molar-refractivity contribution in [2.24, 2.45) is 29.1 Å². The lowest BCUT2D eigenvalue weighted by Crippen LogP contribution is -2.44. The van der Waals surface area contributed by atoms with Gasteiger partial charge in [-0.25, -0.2) is 0 Å². The van der Waals surface area contributed by atoms with E-state index in [0.29, 0.717) is 5.41 Å². The van der Waals surface area contributed by atoms with Crippen molar-refractivity contribution in [3.63, 3.8) is 0 Å². The number of hydrogen-bond acceptors (Lipinski definition) is 0. The van der Waals surface area contributed by atoms with Gasteiger partial charge in [-0.3, -0.25) is 0 Å². The molecule has 1 saturated carbocycles. The van der Waals surface area contributed by atoms with Crippen molar-refractivity contribution in [1.82, 2.24) is 0 Å². The standard InChI is InChI=1S/C17H28/c1-12(2)15-10-9-14-8-6-7-11-17(14,5)16(15)13(3)4/h6-8,12-13,15-16H,9-11H2,1-5H3/t15?,16?,17-/m0/s1. The van der Waals surface area contributed by atoms with Crippen LogP contribution in [0.3, 0.4) is 0 Å². The molecule has 3 atom stereocenters. The summed E-state index contributed by atoms with van der Waals surface area (Å²) < 4.78 is 0. The van der Waals surface area contributed by atoms with E-state index in [9.17, 15) is 0 Å². The molecular weight excluding hydrogens is 204 g/mol. The van der Waals surface area contributed by atoms with Crippen LogP contribution in [-0.4, -0.2) is 0 Å². The van der Waals surface area contributed by atoms with Gasteiger partial charge in [-0.15, -0.1) is 0 Å². The topological polar surface area (TPSA) is 0 Å². The zero-order chi connectivity index (χ0) is 12.6. The van der Waals surface area contributed by atoms with Gasteiger partial charge >= 0.3 is 0 Å². The highest BCUT2D eigenvalue weighted by molar-refractivity contribution is 5.29. The van der Waals surface area contributed by atoms with E-state index in [-0.39, 0.29) is 0 Å². The van der Waals surface area contributed by atoms with Crippen molar-refractivity contribution >= 4 is 0 Å². The van der Waals surface area contributed by atoms with Crippen molar-refractivity contribution in [3.05, 3.63) is 23.8 Å². The first-order valence-corrected chi connectivity index (χ1v) is 7.33. The molecule has 2 aliphatic carbocycles. The van der Waals surface area contributed by atoms with Crippen LogP contribution in [0.4, 0.5) is 0 Å². The van der Waals surface area contributed by atoms with Gasteiger partial charge in [0.2, 0.25) is 0 Å². The van der Waals surface area contributed by atoms with Gasteiger partial charge in [-0.05, 0) is 48.3 Å². The molecule has 17 heavy (non-hydrogen) atoms. The third-order valence-corrected chi connectivity index (χ3v) is 5.23. The molecule has 0 bridgehead atoms. The highest BCUT2D eigenvalue weighted by atomic mass is 14.5. The SMILES string of the molecule is CC(C)C1CCC2=CC=CC[C@]2(C)C1C(C)C. The maximum absolute atomic E-state index is 2.52. The smallest absolute Gasteiger partial charge is 0.00453 e. The first kappa shape index (κ1) is 12.9. The fourth-order valence-electron chi connectivity index (χ4n) is 4.49. The summed E-state index contributed by atoms with van der Waals surface area (Å²) in [4.78, 5) is 0. The Morgan fingerprint density at radius 1 is 1.18 bits per heavy atom. The minimum absolute atomic E-state index is 0.441. The molecule has 0 aliphatic heterocycles. The van der Waals surface area contributed by atoms with Crippen molar-refractivity contribution in [2.75, 3.05) is 0 Å². The fourth-order valence-corrected chi connectivity index (χ4v) is 4.49. The highest BCUT2D eigenvalue weighted by Crippen LogP contribution is 2.55. The van der Waals surface area contributed by atoms with Gasteiger partial charge in [0.25, 0.3) is 0 Å². The second-order valence-corrected chi connectivity index (χ2v) is 6.96. The summed E-state index contributed by atoms with van der Waals surface area (Å²) in [5.41, 5.74) is 2.16. The minimum atomic E-state index is 0.441. The molecule has 0 N–H and O–H groups in total. The van der Waals surface area contributed by atoms with Gasteiger partial charge in [0.15, 0.2) is 0 Å². The third kappa shape index (κ3) is 2.11. The highest BCUT2D eigenvalue weighted by Gasteiger charge is 2.46. The molecule has 0 saturated heterocycles. The van der Waals surface area contributed by atoms with Gasteiger partial charge in [0, 0.05) is 0 Å². The van der Waals surface area contributed by atoms with Crippen molar-refractivity contribution in [3.8, 4) is 0 Å². The number of hydrogen-bond donors (Lipinski definition) is 0. The number of allylic oxidation sites excluding steroid dienone is 4. The summed E-state index contributed by atoms with van der Waals surface area (Å²) in [7, 11) is 0. The van der Waals surface area contributed by atoms with Gasteiger partial charge in [0.1, 0.15) is 0 Å². The van der Waals surface area contributed by atoms with E-state index >= 15 is 0 Å². The van der Waals surface area contributed by atoms with Crippen molar-refractivity contribution in [2.45, 2.75) is 53.9 Å². The Balaban J connectivity index is 2.36. The van der Waals surface area contributed by atoms with Crippen LogP contribution in [0.5, 0.6) is 0 Å². The molecule has 0 nitrogen and oxygen atoms in total. The number of fused-ring (bicyclic) bond motifs is 1. The molecule has 2 rings (SSSR count). The second-order valence-electron chi connectivity index (χ2n) is 6.96. The van der Waals surface area contributed by atoms with E-state index in [4.69, 9.17) is 0 Å². The van der Waals surface area contributed by atoms with E-state index in [1.807, 2.05) is 0 Å². The first-order chi connectivity index (χ1) is 7.97. The van der Waals surface area contributed by atoms with Crippen LogP contribution in [-0.2, 0) is 0 Å². The fraction of sp³-hybridized carbons (Fsp3) is 0.765. The second kappa shape index (κ2) is 4.63. The Morgan fingerprint density at radius 2 is 1.88 bits per heavy atom. The minimum Gasteiger partial charge on any atom is -0.0837 e. The average molecular weight is 232 g/mol. The quantitative estimate of drug-likeness (QED) is 0.612. The van der Waals surface area contributed by atoms with Crippen LogP contribution in [0, 0.1) is 29.1 Å². The van der Waals surface area contributed by atoms with Gasteiger partial charge in [-0.2, -0.15) is 0 Å². The molecule has 2 unspecified atom stereocenters. The van der Waals surface area contributed by atoms with E-state index in [1.165, 1.54) is 19.3 Å². The summed E-state index contributed by atoms with van der Waals surface area (Å²) in [6.45, 7) is 12.2. The molecule has 0 aromatic heterocycles. The van der Waals surface area contributed by atoms with Gasteiger partial charge in [0.05, 0.1) is 0 Å². The summed E-state index contributed by atoms with van der Waals surface area (Å²) in [5, 5.41) is 0. The lowest BCUT2D eigenvalue weighted by Gasteiger charge is -2.52. The lowest BCUT2D eigenvalue weighted by atomic mass is 9.53. The monoisotopic (exact) mass is 232 g/mol. The maximum Gasteiger partial charge on any atom is -0.00453 e. The summed E-state index contributed by atoms with van der Waals surface area (Å²) in [5.74, 6) is 3.38. The molecule has 0 heteroatoms. The zero-order valence-electron chi connectivity index (χ0n) is 12.2. The molecular formula is C17H28. The van der Waals surface area contributed by atoms with Gasteiger partial charge < -0.3 is 0 Å². The molecule has 0 spiro atoms. The van der Waals surface area contributed by atoms with Crippen LogP contribution >= 0.6 is 0 Å². The summed E-state index contributed by atoms with van der Waals surface area (Å²) >= 11 is 0. The van der Waals surface area contributed by atoms with Crippen LogP contribution < -0.4 is 0 Å². The largest absolute Gasteiger partial charge is 0.0837 e. The summed E-state index contributed by atoms with van der Waals surface area (Å²) in [6, 6.07) is 0. The predicted molar refractivity (Wildman–Crippen MR) is 75.8 cm³/mol. The van der Waals surface area contributed by atoms with E-state index in [1.54, 1.807) is 5.57 Å². The van der Waals surface area contributed by atoms with E-state index in [0.717, 1.165) is 23.7 Å². The molecule has 96 valence electrons. The van der Waals surface area contributed by atoms with E-state index < -0.39 is 0 Å². The van der Waals surface area contributed by atoms with E-state index in [2.05, 4.69) is 52.8 Å². The maximum atomic E-state index is 2.52. The van der Waals surface area contributed by atoms with Gasteiger partial charge in [-0.1, -0.05) is 58.4 Å². The van der Waals surface area contributed by atoms with Crippen molar-refractivity contribution in [1.29, 1.82) is 0 Å². The van der Waals surface area contributed by atoms with Crippen LogP contribution in [0.15, 0.2) is 23.8 Å². The Bertz CT molecular complexity index is 332. The molecule has 2 aliphatic rings. The van der Waals surface area contributed by atoms with Crippen LogP contribution in [0.2, 0.25) is 0 Å². The molecule has 0 amide bonds. The molecule has 0 aromatic rings.